The molecule has 0 bridgehead atoms. The van der Waals surface area contributed by atoms with E-state index in [1.54, 1.807) is 37.3 Å². The molecule has 6 rings (SSSR count). The highest BCUT2D eigenvalue weighted by molar-refractivity contribution is 5.83. The van der Waals surface area contributed by atoms with E-state index in [1.807, 2.05) is 24.3 Å². The standard InChI is InChI=1S/C27H24F3N5O/c1-16-21(24-32-19-14-8-9-15-20(19)34(24)18-12-6-3-7-13-18)26(36)35-25(31-16)22(17-10-4-2-5-11-17)23(33-35)27(28,29)30/h2,4-5,8-11,14-15,18,33H,3,6-7,12-13H2,1H3. The number of rotatable bonds is 3. The van der Waals surface area contributed by atoms with Gasteiger partial charge in [0, 0.05) is 6.04 Å². The SMILES string of the molecule is Cc1nc2c(-c3ccccc3)c(C(F)(F)F)[nH]n2c(=O)c1-c1nc2ccccc2n1C1CCCCC1. The van der Waals surface area contributed by atoms with Crippen molar-refractivity contribution < 1.29 is 13.2 Å². The van der Waals surface area contributed by atoms with Crippen LogP contribution in [-0.4, -0.2) is 24.1 Å². The lowest BCUT2D eigenvalue weighted by atomic mass is 9.95. The van der Waals surface area contributed by atoms with E-state index in [-0.39, 0.29) is 22.8 Å². The summed E-state index contributed by atoms with van der Waals surface area (Å²) >= 11 is 0. The molecule has 0 aliphatic heterocycles. The van der Waals surface area contributed by atoms with Crippen LogP contribution in [0, 0.1) is 6.92 Å². The predicted octanol–water partition coefficient (Wildman–Crippen LogP) is 6.54. The first-order chi connectivity index (χ1) is 17.3. The maximum Gasteiger partial charge on any atom is 0.433 e. The summed E-state index contributed by atoms with van der Waals surface area (Å²) < 4.78 is 45.3. The first-order valence-corrected chi connectivity index (χ1v) is 12.1. The molecule has 1 N–H and O–H groups in total. The molecule has 1 aliphatic carbocycles. The molecule has 3 heterocycles. The number of nitrogens with one attached hydrogen (secondary N) is 1. The van der Waals surface area contributed by atoms with Gasteiger partial charge in [0.15, 0.2) is 5.65 Å². The van der Waals surface area contributed by atoms with Gasteiger partial charge in [-0.2, -0.15) is 17.7 Å². The van der Waals surface area contributed by atoms with Crippen molar-refractivity contribution in [2.24, 2.45) is 0 Å². The summed E-state index contributed by atoms with van der Waals surface area (Å²) in [5, 5.41) is 2.32. The first kappa shape index (κ1) is 22.6. The Hall–Kier alpha value is -3.88. The van der Waals surface area contributed by atoms with Gasteiger partial charge in [0.1, 0.15) is 17.1 Å². The van der Waals surface area contributed by atoms with E-state index in [0.29, 0.717) is 17.1 Å². The maximum absolute atomic E-state index is 14.1. The van der Waals surface area contributed by atoms with E-state index in [4.69, 9.17) is 4.98 Å². The van der Waals surface area contributed by atoms with Crippen molar-refractivity contribution in [3.05, 3.63) is 76.3 Å². The van der Waals surface area contributed by atoms with Crippen LogP contribution in [0.2, 0.25) is 0 Å². The zero-order valence-corrected chi connectivity index (χ0v) is 19.6. The van der Waals surface area contributed by atoms with Crippen LogP contribution in [-0.2, 0) is 6.18 Å². The molecular formula is C27H24F3N5O. The molecule has 5 aromatic rings. The summed E-state index contributed by atoms with van der Waals surface area (Å²) in [4.78, 5) is 23.2. The number of aromatic nitrogens is 5. The fraction of sp³-hybridized carbons (Fsp3) is 0.296. The molecule has 0 saturated heterocycles. The Morgan fingerprint density at radius 3 is 2.33 bits per heavy atom. The molecule has 0 atom stereocenters. The van der Waals surface area contributed by atoms with Crippen molar-refractivity contribution in [3.8, 4) is 22.5 Å². The van der Waals surface area contributed by atoms with Crippen molar-refractivity contribution in [2.45, 2.75) is 51.2 Å². The Morgan fingerprint density at radius 2 is 1.61 bits per heavy atom. The monoisotopic (exact) mass is 491 g/mol. The van der Waals surface area contributed by atoms with Crippen molar-refractivity contribution in [2.75, 3.05) is 0 Å². The number of benzene rings is 2. The molecular weight excluding hydrogens is 467 g/mol. The Labute approximate surface area is 204 Å². The third-order valence-electron chi connectivity index (χ3n) is 7.07. The minimum absolute atomic E-state index is 0.0555. The van der Waals surface area contributed by atoms with Crippen LogP contribution in [0.3, 0.4) is 0 Å². The van der Waals surface area contributed by atoms with Gasteiger partial charge in [0.2, 0.25) is 0 Å². The molecule has 1 aliphatic rings. The van der Waals surface area contributed by atoms with Gasteiger partial charge >= 0.3 is 6.18 Å². The predicted molar refractivity (Wildman–Crippen MR) is 132 cm³/mol. The molecule has 6 nitrogen and oxygen atoms in total. The highest BCUT2D eigenvalue weighted by Gasteiger charge is 2.38. The second-order valence-corrected chi connectivity index (χ2v) is 9.35. The van der Waals surface area contributed by atoms with Gasteiger partial charge in [0.25, 0.3) is 5.56 Å². The number of aromatic amines is 1. The number of hydrogen-bond donors (Lipinski definition) is 1. The van der Waals surface area contributed by atoms with E-state index in [2.05, 4.69) is 14.6 Å². The summed E-state index contributed by atoms with van der Waals surface area (Å²) in [5.41, 5.74) is 0.743. The van der Waals surface area contributed by atoms with Crippen LogP contribution >= 0.6 is 0 Å². The van der Waals surface area contributed by atoms with Gasteiger partial charge in [0.05, 0.1) is 22.3 Å². The second-order valence-electron chi connectivity index (χ2n) is 9.35. The molecule has 3 aromatic heterocycles. The lowest BCUT2D eigenvalue weighted by Crippen LogP contribution is -2.23. The summed E-state index contributed by atoms with van der Waals surface area (Å²) in [5.74, 6) is 0.455. The number of fused-ring (bicyclic) bond motifs is 2. The maximum atomic E-state index is 14.1. The van der Waals surface area contributed by atoms with Crippen LogP contribution in [0.1, 0.15) is 49.5 Å². The smallest absolute Gasteiger partial charge is 0.321 e. The van der Waals surface area contributed by atoms with E-state index in [9.17, 15) is 18.0 Å². The Morgan fingerprint density at radius 1 is 0.917 bits per heavy atom. The molecule has 184 valence electrons. The zero-order valence-electron chi connectivity index (χ0n) is 19.6. The van der Waals surface area contributed by atoms with Crippen LogP contribution in [0.15, 0.2) is 59.4 Å². The molecule has 36 heavy (non-hydrogen) atoms. The highest BCUT2D eigenvalue weighted by Crippen LogP contribution is 2.39. The van der Waals surface area contributed by atoms with E-state index in [1.165, 1.54) is 6.42 Å². The number of alkyl halides is 3. The van der Waals surface area contributed by atoms with Gasteiger partial charge in [-0.05, 0) is 37.5 Å². The van der Waals surface area contributed by atoms with Gasteiger partial charge in [-0.1, -0.05) is 61.7 Å². The van der Waals surface area contributed by atoms with Crippen LogP contribution in [0.5, 0.6) is 0 Å². The molecule has 0 unspecified atom stereocenters. The quantitative estimate of drug-likeness (QED) is 0.312. The average Bonchev–Trinajstić information content (AvgIpc) is 3.44. The van der Waals surface area contributed by atoms with E-state index < -0.39 is 17.4 Å². The third-order valence-corrected chi connectivity index (χ3v) is 7.07. The minimum atomic E-state index is -4.70. The average molecular weight is 492 g/mol. The molecule has 0 spiro atoms. The topological polar surface area (TPSA) is 68.0 Å². The van der Waals surface area contributed by atoms with Crippen molar-refractivity contribution in [1.29, 1.82) is 0 Å². The summed E-state index contributed by atoms with van der Waals surface area (Å²) in [6.45, 7) is 1.66. The summed E-state index contributed by atoms with van der Waals surface area (Å²) in [6.07, 6.45) is 0.549. The molecule has 1 saturated carbocycles. The van der Waals surface area contributed by atoms with Crippen molar-refractivity contribution >= 4 is 16.7 Å². The normalized spacial score (nSPS) is 15.2. The van der Waals surface area contributed by atoms with Crippen LogP contribution in [0.25, 0.3) is 39.2 Å². The second kappa shape index (κ2) is 8.36. The molecule has 9 heteroatoms. The van der Waals surface area contributed by atoms with E-state index in [0.717, 1.165) is 41.2 Å². The Kier molecular flexibility index (Phi) is 5.24. The number of hydrogen-bond acceptors (Lipinski definition) is 3. The minimum Gasteiger partial charge on any atom is -0.321 e. The molecule has 1 fully saturated rings. The lowest BCUT2D eigenvalue weighted by Gasteiger charge is -2.25. The fourth-order valence-corrected chi connectivity index (χ4v) is 5.45. The third kappa shape index (κ3) is 3.53. The Bertz CT molecular complexity index is 1640. The number of para-hydroxylation sites is 2. The van der Waals surface area contributed by atoms with Gasteiger partial charge in [-0.25, -0.2) is 9.97 Å². The van der Waals surface area contributed by atoms with Gasteiger partial charge in [-0.3, -0.25) is 9.89 Å². The van der Waals surface area contributed by atoms with Crippen LogP contribution in [0.4, 0.5) is 13.2 Å². The fourth-order valence-electron chi connectivity index (χ4n) is 5.45. The van der Waals surface area contributed by atoms with E-state index >= 15 is 0 Å². The van der Waals surface area contributed by atoms with Gasteiger partial charge < -0.3 is 4.57 Å². The summed E-state index contributed by atoms with van der Waals surface area (Å²) in [6, 6.07) is 16.0. The highest BCUT2D eigenvalue weighted by atomic mass is 19.4. The first-order valence-electron chi connectivity index (χ1n) is 12.1. The zero-order chi connectivity index (χ0) is 25.0. The largest absolute Gasteiger partial charge is 0.433 e. The lowest BCUT2D eigenvalue weighted by molar-refractivity contribution is -0.140. The molecule has 0 amide bonds. The molecule has 2 aromatic carbocycles. The Balaban J connectivity index is 1.66. The van der Waals surface area contributed by atoms with Crippen LogP contribution < -0.4 is 5.56 Å². The van der Waals surface area contributed by atoms with Crippen molar-refractivity contribution in [3.63, 3.8) is 0 Å². The number of nitrogens with zero attached hydrogens (tertiary/aromatic N) is 4. The molecule has 0 radical (unpaired) electrons. The number of aryl methyl sites for hydroxylation is 1. The van der Waals surface area contributed by atoms with Gasteiger partial charge in [-0.15, -0.1) is 0 Å². The number of halogens is 3. The summed E-state index contributed by atoms with van der Waals surface area (Å²) in [7, 11) is 0. The number of imidazole rings is 1. The van der Waals surface area contributed by atoms with Crippen molar-refractivity contribution in [1.82, 2.24) is 24.1 Å². The number of H-pyrrole nitrogens is 1.